The number of halogens is 5. The molecule has 2 fully saturated rings. The van der Waals surface area contributed by atoms with Crippen LogP contribution in [0.3, 0.4) is 0 Å². The molecule has 1 N–H and O–H groups in total. The fraction of sp³-hybridized carbons (Fsp3) is 1.00. The van der Waals surface area contributed by atoms with Crippen molar-refractivity contribution in [2.24, 2.45) is 17.8 Å². The zero-order valence-electron chi connectivity index (χ0n) is 13.2. The van der Waals surface area contributed by atoms with Crippen LogP contribution < -0.4 is 0 Å². The molecular formula is C14H21F5O4S. The average Bonchev–Trinajstić information content (AvgIpc) is 2.34. The minimum absolute atomic E-state index is 0.204. The number of ether oxygens (including phenoxy) is 1. The summed E-state index contributed by atoms with van der Waals surface area (Å²) >= 11 is 0. The van der Waals surface area contributed by atoms with E-state index in [1.807, 2.05) is 6.92 Å². The van der Waals surface area contributed by atoms with Gasteiger partial charge < -0.3 is 4.74 Å². The lowest BCUT2D eigenvalue weighted by atomic mass is 9.65. The normalized spacial score (nSPS) is 33.3. The molecule has 0 amide bonds. The topological polar surface area (TPSA) is 63.6 Å². The Balaban J connectivity index is 2.19. The molecule has 2 bridgehead atoms. The van der Waals surface area contributed by atoms with E-state index < -0.39 is 39.7 Å². The lowest BCUT2D eigenvalue weighted by Crippen LogP contribution is -2.51. The van der Waals surface area contributed by atoms with Gasteiger partial charge in [0.05, 0.1) is 12.2 Å². The van der Waals surface area contributed by atoms with Gasteiger partial charge in [-0.05, 0) is 37.5 Å². The van der Waals surface area contributed by atoms with Crippen LogP contribution in [0.1, 0.15) is 45.4 Å². The second-order valence-corrected chi connectivity index (χ2v) is 8.63. The highest BCUT2D eigenvalue weighted by Crippen LogP contribution is 2.49. The van der Waals surface area contributed by atoms with Crippen LogP contribution in [0.2, 0.25) is 0 Å². The molecule has 0 aromatic carbocycles. The Morgan fingerprint density at radius 3 is 2.42 bits per heavy atom. The molecule has 0 saturated heterocycles. The maximum Gasteiger partial charge on any atom is 0.401 e. The van der Waals surface area contributed by atoms with E-state index in [0.717, 1.165) is 19.3 Å². The van der Waals surface area contributed by atoms with E-state index in [-0.39, 0.29) is 11.8 Å². The first-order valence-corrected chi connectivity index (χ1v) is 9.26. The van der Waals surface area contributed by atoms with E-state index in [0.29, 0.717) is 19.3 Å². The van der Waals surface area contributed by atoms with Gasteiger partial charge in [-0.25, -0.2) is 0 Å². The van der Waals surface area contributed by atoms with Crippen molar-refractivity contribution in [1.29, 1.82) is 0 Å². The molecular weight excluding hydrogens is 359 g/mol. The van der Waals surface area contributed by atoms with Gasteiger partial charge in [-0.2, -0.15) is 30.4 Å². The highest BCUT2D eigenvalue weighted by Gasteiger charge is 2.63. The number of alkyl halides is 5. The predicted octanol–water partition coefficient (Wildman–Crippen LogP) is 4.02. The Morgan fingerprint density at radius 2 is 1.88 bits per heavy atom. The molecule has 24 heavy (non-hydrogen) atoms. The standard InChI is InChI=1S/C14H21F5O4S/c1-9-5-10-3-2-4-12(6-9,7-10)23-8-11(13(15,16)17)14(18,19)24(20,21)22/h9-11H,2-8H2,1H3,(H,20,21,22)/t9-,10?,11?,12?/m1/s1. The van der Waals surface area contributed by atoms with Crippen molar-refractivity contribution in [2.45, 2.75) is 62.5 Å². The molecule has 2 aliphatic carbocycles. The molecule has 4 nitrogen and oxygen atoms in total. The maximum atomic E-state index is 13.6. The molecule has 2 rings (SSSR count). The predicted molar refractivity (Wildman–Crippen MR) is 75.1 cm³/mol. The highest BCUT2D eigenvalue weighted by molar-refractivity contribution is 7.86. The number of fused-ring (bicyclic) bond motifs is 2. The van der Waals surface area contributed by atoms with Crippen molar-refractivity contribution in [3.63, 3.8) is 0 Å². The molecule has 0 aromatic heterocycles. The summed E-state index contributed by atoms with van der Waals surface area (Å²) in [5.41, 5.74) is -0.917. The third-order valence-electron chi connectivity index (χ3n) is 5.06. The van der Waals surface area contributed by atoms with Crippen LogP contribution in [0.15, 0.2) is 0 Å². The van der Waals surface area contributed by atoms with Crippen LogP contribution in [0.5, 0.6) is 0 Å². The quantitative estimate of drug-likeness (QED) is 0.578. The van der Waals surface area contributed by atoms with Gasteiger partial charge in [0, 0.05) is 0 Å². The van der Waals surface area contributed by atoms with Gasteiger partial charge in [0.25, 0.3) is 0 Å². The van der Waals surface area contributed by atoms with Gasteiger partial charge >= 0.3 is 21.5 Å². The fourth-order valence-electron chi connectivity index (χ4n) is 4.13. The number of hydrogen-bond acceptors (Lipinski definition) is 3. The first-order chi connectivity index (χ1) is 10.8. The maximum absolute atomic E-state index is 13.6. The van der Waals surface area contributed by atoms with Crippen molar-refractivity contribution in [1.82, 2.24) is 0 Å². The third kappa shape index (κ3) is 4.01. The Hall–Kier alpha value is -0.480. The summed E-state index contributed by atoms with van der Waals surface area (Å²) in [5, 5.41) is -5.35. The van der Waals surface area contributed by atoms with Gasteiger partial charge in [0.2, 0.25) is 0 Å². The molecule has 10 heteroatoms. The Kier molecular flexibility index (Phi) is 5.25. The summed E-state index contributed by atoms with van der Waals surface area (Å²) in [4.78, 5) is 0. The fourth-order valence-corrected chi connectivity index (χ4v) is 4.69. The summed E-state index contributed by atoms with van der Waals surface area (Å²) < 4.78 is 101. The molecule has 142 valence electrons. The lowest BCUT2D eigenvalue weighted by molar-refractivity contribution is -0.248. The van der Waals surface area contributed by atoms with E-state index in [1.165, 1.54) is 0 Å². The van der Waals surface area contributed by atoms with Crippen molar-refractivity contribution in [2.75, 3.05) is 6.61 Å². The van der Waals surface area contributed by atoms with Crippen LogP contribution in [0.25, 0.3) is 0 Å². The van der Waals surface area contributed by atoms with E-state index >= 15 is 0 Å². The average molecular weight is 380 g/mol. The molecule has 3 unspecified atom stereocenters. The van der Waals surface area contributed by atoms with Crippen molar-refractivity contribution in [3.05, 3.63) is 0 Å². The SMILES string of the molecule is C[C@@H]1CC2CCCC(OCC(C(F)(F)F)C(F)(F)S(=O)(=O)O)(C2)C1. The van der Waals surface area contributed by atoms with Crippen LogP contribution in [-0.2, 0) is 14.9 Å². The summed E-state index contributed by atoms with van der Waals surface area (Å²) in [6.45, 7) is 0.444. The number of hydrogen-bond donors (Lipinski definition) is 1. The van der Waals surface area contributed by atoms with Crippen LogP contribution >= 0.6 is 0 Å². The first kappa shape index (κ1) is 19.8. The molecule has 0 aliphatic heterocycles. The molecule has 0 radical (unpaired) electrons. The van der Waals surface area contributed by atoms with Crippen LogP contribution in [0, 0.1) is 17.8 Å². The van der Waals surface area contributed by atoms with E-state index in [9.17, 15) is 30.4 Å². The third-order valence-corrected chi connectivity index (χ3v) is 6.03. The van der Waals surface area contributed by atoms with Gasteiger partial charge in [-0.15, -0.1) is 0 Å². The molecule has 2 aliphatic rings. The van der Waals surface area contributed by atoms with Gasteiger partial charge in [0.15, 0.2) is 5.92 Å². The molecule has 2 saturated carbocycles. The second kappa shape index (κ2) is 6.35. The summed E-state index contributed by atoms with van der Waals surface area (Å²) in [5.74, 6) is -3.11. The molecule has 4 atom stereocenters. The lowest BCUT2D eigenvalue weighted by Gasteiger charge is -2.48. The Bertz CT molecular complexity index is 558. The zero-order valence-corrected chi connectivity index (χ0v) is 14.0. The highest BCUT2D eigenvalue weighted by atomic mass is 32.2. The van der Waals surface area contributed by atoms with Gasteiger partial charge in [-0.3, -0.25) is 4.55 Å². The largest absolute Gasteiger partial charge is 0.401 e. The second-order valence-electron chi connectivity index (χ2n) is 7.13. The van der Waals surface area contributed by atoms with Crippen LogP contribution in [-0.4, -0.2) is 36.6 Å². The van der Waals surface area contributed by atoms with Crippen molar-refractivity contribution < 1.29 is 39.7 Å². The minimum Gasteiger partial charge on any atom is -0.374 e. The Labute approximate surface area is 137 Å². The Morgan fingerprint density at radius 1 is 1.25 bits per heavy atom. The monoisotopic (exact) mass is 380 g/mol. The summed E-state index contributed by atoms with van der Waals surface area (Å²) in [6, 6.07) is 0. The van der Waals surface area contributed by atoms with Crippen LogP contribution in [0.4, 0.5) is 22.0 Å². The van der Waals surface area contributed by atoms with E-state index in [2.05, 4.69) is 0 Å². The van der Waals surface area contributed by atoms with E-state index in [1.54, 1.807) is 0 Å². The minimum atomic E-state index is -6.21. The first-order valence-electron chi connectivity index (χ1n) is 7.82. The number of rotatable bonds is 5. The van der Waals surface area contributed by atoms with Crippen molar-refractivity contribution in [3.8, 4) is 0 Å². The summed E-state index contributed by atoms with van der Waals surface area (Å²) in [6.07, 6.45) is -1.50. The van der Waals surface area contributed by atoms with Gasteiger partial charge in [-0.1, -0.05) is 19.8 Å². The smallest absolute Gasteiger partial charge is 0.374 e. The van der Waals surface area contributed by atoms with Crippen molar-refractivity contribution >= 4 is 10.1 Å². The van der Waals surface area contributed by atoms with E-state index in [4.69, 9.17) is 9.29 Å². The zero-order chi connectivity index (χ0) is 18.4. The molecule has 0 spiro atoms. The summed E-state index contributed by atoms with van der Waals surface area (Å²) in [7, 11) is -6.21. The molecule has 0 heterocycles. The molecule has 0 aromatic rings. The van der Waals surface area contributed by atoms with Gasteiger partial charge in [0.1, 0.15) is 0 Å².